The molecule has 2 aliphatic heterocycles. The minimum atomic E-state index is 0.0640. The molecule has 2 heterocycles. The molecule has 2 aromatic carbocycles. The molecule has 2 atom stereocenters. The van der Waals surface area contributed by atoms with Gasteiger partial charge in [0.25, 0.3) is 0 Å². The third kappa shape index (κ3) is 6.81. The number of hydrogen-bond acceptors (Lipinski definition) is 3. The Kier molecular flexibility index (Phi) is 8.23. The third-order valence-electron chi connectivity index (χ3n) is 6.80. The van der Waals surface area contributed by atoms with Gasteiger partial charge in [0.2, 0.25) is 5.91 Å². The molecule has 0 saturated carbocycles. The van der Waals surface area contributed by atoms with Crippen molar-refractivity contribution in [3.05, 3.63) is 70.2 Å². The molecule has 2 aromatic rings. The van der Waals surface area contributed by atoms with Crippen LogP contribution in [0.4, 0.5) is 0 Å². The molecule has 4 nitrogen and oxygen atoms in total. The van der Waals surface area contributed by atoms with Crippen LogP contribution in [0.1, 0.15) is 49.3 Å². The molecule has 0 aromatic heterocycles. The van der Waals surface area contributed by atoms with E-state index in [-0.39, 0.29) is 11.8 Å². The van der Waals surface area contributed by atoms with Gasteiger partial charge in [0, 0.05) is 37.7 Å². The van der Waals surface area contributed by atoms with E-state index in [2.05, 4.69) is 58.4 Å². The quantitative estimate of drug-likeness (QED) is 0.633. The molecule has 4 rings (SSSR count). The Morgan fingerprint density at radius 2 is 1.62 bits per heavy atom. The summed E-state index contributed by atoms with van der Waals surface area (Å²) in [4.78, 5) is 17.8. The second kappa shape index (κ2) is 11.3. The predicted octanol–water partition coefficient (Wildman–Crippen LogP) is 5.10. The van der Waals surface area contributed by atoms with E-state index in [1.54, 1.807) is 0 Å². The fourth-order valence-corrected chi connectivity index (χ4v) is 5.25. The lowest BCUT2D eigenvalue weighted by Gasteiger charge is -2.32. The lowest BCUT2D eigenvalue weighted by Crippen LogP contribution is -2.42. The van der Waals surface area contributed by atoms with Crippen molar-refractivity contribution in [3.8, 4) is 0 Å². The molecule has 0 spiro atoms. The van der Waals surface area contributed by atoms with Gasteiger partial charge in [-0.05, 0) is 73.5 Å². The fraction of sp³-hybridized carbons (Fsp3) is 0.519. The maximum Gasteiger partial charge on any atom is 0.224 e. The van der Waals surface area contributed by atoms with Crippen LogP contribution in [0.15, 0.2) is 48.5 Å². The third-order valence-corrected chi connectivity index (χ3v) is 7.05. The van der Waals surface area contributed by atoms with Gasteiger partial charge in [0.05, 0.1) is 5.92 Å². The summed E-state index contributed by atoms with van der Waals surface area (Å²) in [6.45, 7) is 9.09. The van der Waals surface area contributed by atoms with E-state index in [0.717, 1.165) is 50.0 Å². The van der Waals surface area contributed by atoms with E-state index >= 15 is 0 Å². The van der Waals surface area contributed by atoms with Gasteiger partial charge >= 0.3 is 0 Å². The van der Waals surface area contributed by atoms with Crippen molar-refractivity contribution < 1.29 is 4.79 Å². The number of carbonyl (C=O) groups is 1. The van der Waals surface area contributed by atoms with Crippen LogP contribution in [0.2, 0.25) is 5.02 Å². The van der Waals surface area contributed by atoms with Crippen LogP contribution in [0, 0.1) is 11.8 Å². The molecule has 0 radical (unpaired) electrons. The Morgan fingerprint density at radius 3 is 2.41 bits per heavy atom. The number of carbonyl (C=O) groups excluding carboxylic acids is 1. The van der Waals surface area contributed by atoms with Crippen molar-refractivity contribution >= 4 is 17.5 Å². The lowest BCUT2D eigenvalue weighted by atomic mass is 9.96. The summed E-state index contributed by atoms with van der Waals surface area (Å²) < 4.78 is 0. The average Bonchev–Trinajstić information content (AvgIpc) is 2.79. The van der Waals surface area contributed by atoms with Crippen molar-refractivity contribution in [1.29, 1.82) is 0 Å². The first-order valence-corrected chi connectivity index (χ1v) is 12.5. The Balaban J connectivity index is 1.26. The van der Waals surface area contributed by atoms with Gasteiger partial charge in [0.15, 0.2) is 0 Å². The summed E-state index contributed by atoms with van der Waals surface area (Å²) in [7, 11) is 0. The fourth-order valence-electron chi connectivity index (χ4n) is 5.12. The Hall–Kier alpha value is -1.88. The average molecular weight is 454 g/mol. The van der Waals surface area contributed by atoms with Crippen LogP contribution in [-0.2, 0) is 24.4 Å². The zero-order chi connectivity index (χ0) is 22.3. The van der Waals surface area contributed by atoms with E-state index < -0.39 is 0 Å². The monoisotopic (exact) mass is 453 g/mol. The minimum Gasteiger partial charge on any atom is -0.352 e. The molecule has 2 unspecified atom stereocenters. The van der Waals surface area contributed by atoms with Gasteiger partial charge in [-0.15, -0.1) is 0 Å². The van der Waals surface area contributed by atoms with Crippen LogP contribution in [-0.4, -0.2) is 41.9 Å². The van der Waals surface area contributed by atoms with E-state index in [1.807, 2.05) is 12.1 Å². The lowest BCUT2D eigenvalue weighted by molar-refractivity contribution is -0.126. The molecule has 32 heavy (non-hydrogen) atoms. The normalized spacial score (nSPS) is 22.6. The summed E-state index contributed by atoms with van der Waals surface area (Å²) in [5, 5.41) is 3.96. The van der Waals surface area contributed by atoms with Crippen LogP contribution in [0.5, 0.6) is 0 Å². The van der Waals surface area contributed by atoms with E-state index in [9.17, 15) is 4.79 Å². The van der Waals surface area contributed by atoms with E-state index in [4.69, 9.17) is 11.6 Å². The Labute approximate surface area is 197 Å². The van der Waals surface area contributed by atoms with Gasteiger partial charge in [-0.2, -0.15) is 0 Å². The molecule has 172 valence electrons. The molecule has 1 amide bonds. The van der Waals surface area contributed by atoms with Crippen molar-refractivity contribution in [2.75, 3.05) is 26.2 Å². The highest BCUT2D eigenvalue weighted by Gasteiger charge is 2.25. The van der Waals surface area contributed by atoms with E-state index in [1.165, 1.54) is 42.6 Å². The molecular formula is C27H36ClN3O. The first-order valence-electron chi connectivity index (χ1n) is 12.1. The number of rotatable bonds is 7. The van der Waals surface area contributed by atoms with Crippen molar-refractivity contribution in [1.82, 2.24) is 15.1 Å². The van der Waals surface area contributed by atoms with Gasteiger partial charge < -0.3 is 5.32 Å². The van der Waals surface area contributed by atoms with E-state index in [0.29, 0.717) is 6.54 Å². The molecule has 2 saturated heterocycles. The highest BCUT2D eigenvalue weighted by Crippen LogP contribution is 2.21. The first-order chi connectivity index (χ1) is 15.5. The molecule has 5 heteroatoms. The molecule has 0 bridgehead atoms. The predicted molar refractivity (Wildman–Crippen MR) is 131 cm³/mol. The van der Waals surface area contributed by atoms with Crippen molar-refractivity contribution in [2.24, 2.45) is 11.8 Å². The topological polar surface area (TPSA) is 35.6 Å². The largest absolute Gasteiger partial charge is 0.352 e. The zero-order valence-electron chi connectivity index (χ0n) is 19.2. The molecule has 0 aliphatic carbocycles. The van der Waals surface area contributed by atoms with Crippen LogP contribution < -0.4 is 5.32 Å². The van der Waals surface area contributed by atoms with Gasteiger partial charge in [0.1, 0.15) is 0 Å². The SMILES string of the molecule is CC1CCCN(Cc2cccc(CNC(=O)C3CCCN(Cc4ccc(Cl)cc4)C3)c2)C1. The number of nitrogens with zero attached hydrogens (tertiary/aromatic N) is 2. The highest BCUT2D eigenvalue weighted by atomic mass is 35.5. The minimum absolute atomic E-state index is 0.0640. The summed E-state index contributed by atoms with van der Waals surface area (Å²) in [6, 6.07) is 16.7. The highest BCUT2D eigenvalue weighted by molar-refractivity contribution is 6.30. The summed E-state index contributed by atoms with van der Waals surface area (Å²) in [6.07, 6.45) is 4.68. The molecule has 2 fully saturated rings. The number of likely N-dealkylation sites (tertiary alicyclic amines) is 2. The zero-order valence-corrected chi connectivity index (χ0v) is 20.0. The number of amides is 1. The number of hydrogen-bond donors (Lipinski definition) is 1. The number of halogens is 1. The first kappa shape index (κ1) is 23.3. The smallest absolute Gasteiger partial charge is 0.224 e. The van der Waals surface area contributed by atoms with Crippen molar-refractivity contribution in [3.63, 3.8) is 0 Å². The maximum atomic E-state index is 12.9. The van der Waals surface area contributed by atoms with Crippen LogP contribution >= 0.6 is 11.6 Å². The van der Waals surface area contributed by atoms with Gasteiger partial charge in [-0.1, -0.05) is 54.9 Å². The number of benzene rings is 2. The molecule has 1 N–H and O–H groups in total. The summed E-state index contributed by atoms with van der Waals surface area (Å²) in [5.74, 6) is 1.04. The standard InChI is InChI=1S/C27H36ClN3O/c1-21-5-3-13-30(17-21)19-24-7-2-6-23(15-24)16-29-27(32)25-8-4-14-31(20-25)18-22-9-11-26(28)12-10-22/h2,6-7,9-12,15,21,25H,3-5,8,13-14,16-20H2,1H3,(H,29,32). The van der Waals surface area contributed by atoms with Crippen molar-refractivity contribution in [2.45, 2.75) is 52.2 Å². The molecular weight excluding hydrogens is 418 g/mol. The molecule has 2 aliphatic rings. The Morgan fingerprint density at radius 1 is 0.938 bits per heavy atom. The second-order valence-corrected chi connectivity index (χ2v) is 10.2. The maximum absolute atomic E-state index is 12.9. The summed E-state index contributed by atoms with van der Waals surface area (Å²) in [5.41, 5.74) is 3.78. The van der Waals surface area contributed by atoms with Gasteiger partial charge in [-0.25, -0.2) is 0 Å². The Bertz CT molecular complexity index is 885. The number of nitrogens with one attached hydrogen (secondary N) is 1. The summed E-state index contributed by atoms with van der Waals surface area (Å²) >= 11 is 6.00. The van der Waals surface area contributed by atoms with Crippen LogP contribution in [0.25, 0.3) is 0 Å². The second-order valence-electron chi connectivity index (χ2n) is 9.72. The van der Waals surface area contributed by atoms with Gasteiger partial charge in [-0.3, -0.25) is 14.6 Å². The number of piperidine rings is 2. The van der Waals surface area contributed by atoms with Crippen LogP contribution in [0.3, 0.4) is 0 Å².